The number of benzene rings is 1. The Labute approximate surface area is 116 Å². The first kappa shape index (κ1) is 13.7. The lowest BCUT2D eigenvalue weighted by Crippen LogP contribution is -2.27. The van der Waals surface area contributed by atoms with Gasteiger partial charge in [0, 0.05) is 25.5 Å². The Hall–Kier alpha value is -0.770. The van der Waals surface area contributed by atoms with Gasteiger partial charge in [-0.25, -0.2) is 0 Å². The zero-order valence-corrected chi connectivity index (χ0v) is 11.6. The Kier molecular flexibility index (Phi) is 4.49. The normalized spacial score (nSPS) is 21.7. The summed E-state index contributed by atoms with van der Waals surface area (Å²) in [5.41, 5.74) is 1.02. The number of carbonyl (C=O) groups excluding carboxylic acids is 1. The van der Waals surface area contributed by atoms with Crippen LogP contribution in [0.25, 0.3) is 0 Å². The minimum absolute atomic E-state index is 0.0162. The van der Waals surface area contributed by atoms with Crippen LogP contribution in [-0.2, 0) is 9.53 Å². The standard InChI is InChI=1S/C13H15Cl2NO2/c1-18-6-5-12(17)16-11-7-9(11)8-3-2-4-10(14)13(8)15/h2-4,9,11H,5-7H2,1H3,(H,16,17)/t9-,11-/m0/s1. The summed E-state index contributed by atoms with van der Waals surface area (Å²) in [6, 6.07) is 5.78. The van der Waals surface area contributed by atoms with Gasteiger partial charge in [-0.15, -0.1) is 0 Å². The molecular formula is C13H15Cl2NO2. The summed E-state index contributed by atoms with van der Waals surface area (Å²) < 4.78 is 4.86. The van der Waals surface area contributed by atoms with E-state index in [1.807, 2.05) is 12.1 Å². The van der Waals surface area contributed by atoms with Crippen LogP contribution < -0.4 is 5.32 Å². The monoisotopic (exact) mass is 287 g/mol. The Morgan fingerprint density at radius 3 is 3.00 bits per heavy atom. The van der Waals surface area contributed by atoms with Crippen molar-refractivity contribution in [2.75, 3.05) is 13.7 Å². The fraction of sp³-hybridized carbons (Fsp3) is 0.462. The number of hydrogen-bond acceptors (Lipinski definition) is 2. The van der Waals surface area contributed by atoms with Gasteiger partial charge in [-0.1, -0.05) is 35.3 Å². The number of methoxy groups -OCH3 is 1. The van der Waals surface area contributed by atoms with Gasteiger partial charge in [0.25, 0.3) is 0 Å². The van der Waals surface area contributed by atoms with Crippen LogP contribution in [0.4, 0.5) is 0 Å². The first-order valence-electron chi connectivity index (χ1n) is 5.85. The van der Waals surface area contributed by atoms with Crippen LogP contribution in [0.3, 0.4) is 0 Å². The molecule has 1 N–H and O–H groups in total. The molecule has 98 valence electrons. The van der Waals surface area contributed by atoms with Gasteiger partial charge in [0.15, 0.2) is 0 Å². The lowest BCUT2D eigenvalue weighted by atomic mass is 10.1. The largest absolute Gasteiger partial charge is 0.384 e. The molecule has 1 aliphatic carbocycles. The van der Waals surface area contributed by atoms with Crippen molar-refractivity contribution in [1.82, 2.24) is 5.32 Å². The summed E-state index contributed by atoms with van der Waals surface area (Å²) in [5, 5.41) is 4.12. The van der Waals surface area contributed by atoms with Crippen molar-refractivity contribution in [3.63, 3.8) is 0 Å². The van der Waals surface area contributed by atoms with Gasteiger partial charge in [0.05, 0.1) is 16.7 Å². The van der Waals surface area contributed by atoms with Gasteiger partial charge >= 0.3 is 0 Å². The topological polar surface area (TPSA) is 38.3 Å². The second kappa shape index (κ2) is 5.91. The second-order valence-electron chi connectivity index (χ2n) is 4.40. The maximum Gasteiger partial charge on any atom is 0.222 e. The molecule has 0 unspecified atom stereocenters. The lowest BCUT2D eigenvalue weighted by Gasteiger charge is -2.06. The van der Waals surface area contributed by atoms with E-state index in [1.165, 1.54) is 0 Å². The third-order valence-corrected chi connectivity index (χ3v) is 3.88. The van der Waals surface area contributed by atoms with E-state index in [1.54, 1.807) is 13.2 Å². The Morgan fingerprint density at radius 2 is 2.28 bits per heavy atom. The van der Waals surface area contributed by atoms with E-state index in [2.05, 4.69) is 5.32 Å². The highest BCUT2D eigenvalue weighted by Gasteiger charge is 2.40. The molecule has 5 heteroatoms. The number of amides is 1. The number of nitrogens with one attached hydrogen (secondary N) is 1. The van der Waals surface area contributed by atoms with Crippen LogP contribution in [0.5, 0.6) is 0 Å². The van der Waals surface area contributed by atoms with Crippen molar-refractivity contribution in [1.29, 1.82) is 0 Å². The third-order valence-electron chi connectivity index (χ3n) is 3.05. The summed E-state index contributed by atoms with van der Waals surface area (Å²) in [4.78, 5) is 11.5. The van der Waals surface area contributed by atoms with E-state index < -0.39 is 0 Å². The number of hydrogen-bond donors (Lipinski definition) is 1. The third kappa shape index (κ3) is 3.16. The molecule has 0 aromatic heterocycles. The van der Waals surface area contributed by atoms with Gasteiger partial charge in [-0.3, -0.25) is 4.79 Å². The predicted octanol–water partition coefficient (Wildman–Crippen LogP) is 3.00. The summed E-state index contributed by atoms with van der Waals surface area (Å²) in [5.74, 6) is 0.296. The first-order valence-corrected chi connectivity index (χ1v) is 6.61. The van der Waals surface area contributed by atoms with Crippen molar-refractivity contribution < 1.29 is 9.53 Å². The SMILES string of the molecule is COCCC(=O)N[C@H]1C[C@H]1c1cccc(Cl)c1Cl. The van der Waals surface area contributed by atoms with Gasteiger partial charge in [0.1, 0.15) is 0 Å². The first-order chi connectivity index (χ1) is 8.63. The molecule has 0 spiro atoms. The maximum absolute atomic E-state index is 11.5. The fourth-order valence-electron chi connectivity index (χ4n) is 1.98. The van der Waals surface area contributed by atoms with Crippen molar-refractivity contribution in [3.8, 4) is 0 Å². The molecule has 2 rings (SSSR count). The van der Waals surface area contributed by atoms with Crippen molar-refractivity contribution in [3.05, 3.63) is 33.8 Å². The molecule has 1 aromatic carbocycles. The van der Waals surface area contributed by atoms with Crippen LogP contribution >= 0.6 is 23.2 Å². The smallest absolute Gasteiger partial charge is 0.222 e. The molecule has 0 saturated heterocycles. The van der Waals surface area contributed by atoms with Crippen LogP contribution in [-0.4, -0.2) is 25.7 Å². The van der Waals surface area contributed by atoms with Gasteiger partial charge in [-0.05, 0) is 18.1 Å². The van der Waals surface area contributed by atoms with Crippen LogP contribution in [0.2, 0.25) is 10.0 Å². The molecule has 1 aliphatic rings. The van der Waals surface area contributed by atoms with Gasteiger partial charge < -0.3 is 10.1 Å². The van der Waals surface area contributed by atoms with Crippen LogP contribution in [0, 0.1) is 0 Å². The highest BCUT2D eigenvalue weighted by molar-refractivity contribution is 6.42. The van der Waals surface area contributed by atoms with Crippen molar-refractivity contribution in [2.24, 2.45) is 0 Å². The highest BCUT2D eigenvalue weighted by Crippen LogP contribution is 2.45. The molecule has 2 atom stereocenters. The minimum atomic E-state index is 0.0162. The predicted molar refractivity (Wildman–Crippen MR) is 72.2 cm³/mol. The average molecular weight is 288 g/mol. The summed E-state index contributed by atoms with van der Waals surface area (Å²) >= 11 is 12.1. The maximum atomic E-state index is 11.5. The molecule has 0 aliphatic heterocycles. The number of rotatable bonds is 5. The average Bonchev–Trinajstić information content (AvgIpc) is 3.09. The molecule has 1 fully saturated rings. The Balaban J connectivity index is 1.91. The molecule has 0 heterocycles. The lowest BCUT2D eigenvalue weighted by molar-refractivity contribution is -0.122. The van der Waals surface area contributed by atoms with Crippen molar-refractivity contribution in [2.45, 2.75) is 24.8 Å². The van der Waals surface area contributed by atoms with Crippen LogP contribution in [0.15, 0.2) is 18.2 Å². The zero-order valence-electron chi connectivity index (χ0n) is 10.1. The number of halogens is 2. The molecule has 18 heavy (non-hydrogen) atoms. The van der Waals surface area contributed by atoms with Crippen LogP contribution in [0.1, 0.15) is 24.3 Å². The van der Waals surface area contributed by atoms with Gasteiger partial charge in [0.2, 0.25) is 5.91 Å². The zero-order chi connectivity index (χ0) is 13.1. The molecular weight excluding hydrogens is 273 g/mol. The summed E-state index contributed by atoms with van der Waals surface area (Å²) in [6.45, 7) is 0.446. The Bertz CT molecular complexity index is 451. The van der Waals surface area contributed by atoms with Crippen molar-refractivity contribution >= 4 is 29.1 Å². The molecule has 0 radical (unpaired) electrons. The number of carbonyl (C=O) groups is 1. The highest BCUT2D eigenvalue weighted by atomic mass is 35.5. The van der Waals surface area contributed by atoms with E-state index in [0.717, 1.165) is 12.0 Å². The van der Waals surface area contributed by atoms with E-state index in [9.17, 15) is 4.79 Å². The minimum Gasteiger partial charge on any atom is -0.384 e. The summed E-state index contributed by atoms with van der Waals surface area (Å²) in [7, 11) is 1.58. The molecule has 1 saturated carbocycles. The van der Waals surface area contributed by atoms with E-state index >= 15 is 0 Å². The second-order valence-corrected chi connectivity index (χ2v) is 5.19. The summed E-state index contributed by atoms with van der Waals surface area (Å²) in [6.07, 6.45) is 1.31. The van der Waals surface area contributed by atoms with Gasteiger partial charge in [-0.2, -0.15) is 0 Å². The molecule has 1 aromatic rings. The molecule has 0 bridgehead atoms. The quantitative estimate of drug-likeness (QED) is 0.904. The fourth-order valence-corrected chi connectivity index (χ4v) is 2.43. The molecule has 3 nitrogen and oxygen atoms in total. The van der Waals surface area contributed by atoms with E-state index in [4.69, 9.17) is 27.9 Å². The van der Waals surface area contributed by atoms with E-state index in [0.29, 0.717) is 23.1 Å². The molecule has 1 amide bonds. The number of ether oxygens (including phenoxy) is 1. The van der Waals surface area contributed by atoms with E-state index in [-0.39, 0.29) is 17.9 Å². The Morgan fingerprint density at radius 1 is 1.50 bits per heavy atom.